The molecule has 0 N–H and O–H groups in total. The molecule has 104 valence electrons. The summed E-state index contributed by atoms with van der Waals surface area (Å²) < 4.78 is 2.28. The number of rotatable bonds is 8. The summed E-state index contributed by atoms with van der Waals surface area (Å²) >= 11 is 0. The second kappa shape index (κ2) is 10.6. The van der Waals surface area contributed by atoms with Crippen LogP contribution in [0.3, 0.4) is 0 Å². The highest BCUT2D eigenvalue weighted by atomic mass is 14.9. The van der Waals surface area contributed by atoms with Crippen molar-refractivity contribution in [2.45, 2.75) is 71.8 Å². The average Bonchev–Trinajstić information content (AvgIpc) is 2.43. The van der Waals surface area contributed by atoms with Crippen molar-refractivity contribution in [1.29, 1.82) is 0 Å². The van der Waals surface area contributed by atoms with Crippen molar-refractivity contribution in [2.75, 3.05) is 0 Å². The van der Waals surface area contributed by atoms with E-state index in [0.29, 0.717) is 0 Å². The van der Waals surface area contributed by atoms with Gasteiger partial charge in [0, 0.05) is 31.4 Å². The van der Waals surface area contributed by atoms with Crippen LogP contribution >= 0.6 is 0 Å². The fourth-order valence-corrected chi connectivity index (χ4v) is 1.98. The molecule has 0 aromatic carbocycles. The van der Waals surface area contributed by atoms with E-state index < -0.39 is 0 Å². The Hall–Kier alpha value is -1.29. The first-order valence-corrected chi connectivity index (χ1v) is 7.74. The molecule has 1 nitrogen and oxygen atoms in total. The first-order valence-electron chi connectivity index (χ1n) is 7.74. The molecule has 19 heavy (non-hydrogen) atoms. The van der Waals surface area contributed by atoms with Gasteiger partial charge in [0.05, 0.1) is 0 Å². The molecule has 1 heterocycles. The van der Waals surface area contributed by atoms with E-state index >= 15 is 0 Å². The van der Waals surface area contributed by atoms with Gasteiger partial charge in [-0.15, -0.1) is 11.8 Å². The Balaban J connectivity index is 1.96. The van der Waals surface area contributed by atoms with Gasteiger partial charge >= 0.3 is 0 Å². The molecule has 1 aromatic rings. The van der Waals surface area contributed by atoms with Gasteiger partial charge in [-0.25, -0.2) is 4.57 Å². The fraction of sp³-hybridized carbons (Fsp3) is 0.611. The molecule has 0 aliphatic heterocycles. The Bertz CT molecular complexity index is 380. The van der Waals surface area contributed by atoms with E-state index in [9.17, 15) is 0 Å². The maximum atomic E-state index is 3.28. The molecule has 0 atom stereocenters. The first-order chi connectivity index (χ1) is 9.33. The quantitative estimate of drug-likeness (QED) is 0.369. The summed E-state index contributed by atoms with van der Waals surface area (Å²) in [6.07, 6.45) is 14.2. The maximum Gasteiger partial charge on any atom is 0.169 e. The van der Waals surface area contributed by atoms with Crippen molar-refractivity contribution in [2.24, 2.45) is 0 Å². The number of hydrogen-bond donors (Lipinski definition) is 0. The van der Waals surface area contributed by atoms with Crippen LogP contribution in [0.25, 0.3) is 0 Å². The molecule has 0 saturated carbocycles. The zero-order valence-electron chi connectivity index (χ0n) is 12.6. The van der Waals surface area contributed by atoms with Gasteiger partial charge in [-0.3, -0.25) is 0 Å². The third-order valence-electron chi connectivity index (χ3n) is 3.31. The Morgan fingerprint density at radius 3 is 2.21 bits per heavy atom. The van der Waals surface area contributed by atoms with E-state index in [0.717, 1.165) is 19.4 Å². The topological polar surface area (TPSA) is 3.88 Å². The SMILES string of the molecule is CCCCC#CCCCCCC[n+]1ccc(C)cc1. The molecule has 1 heteroatoms. The summed E-state index contributed by atoms with van der Waals surface area (Å²) in [6, 6.07) is 4.35. The lowest BCUT2D eigenvalue weighted by atomic mass is 10.1. The molecule has 0 amide bonds. The van der Waals surface area contributed by atoms with E-state index in [1.807, 2.05) is 0 Å². The van der Waals surface area contributed by atoms with Crippen LogP contribution < -0.4 is 4.57 Å². The molecule has 0 radical (unpaired) electrons. The van der Waals surface area contributed by atoms with Gasteiger partial charge < -0.3 is 0 Å². The predicted molar refractivity (Wildman–Crippen MR) is 81.8 cm³/mol. The lowest BCUT2D eigenvalue weighted by Crippen LogP contribution is -2.32. The highest BCUT2D eigenvalue weighted by Crippen LogP contribution is 2.02. The Kier molecular flexibility index (Phi) is 8.81. The Labute approximate surface area is 119 Å². The van der Waals surface area contributed by atoms with Crippen LogP contribution in [0.15, 0.2) is 24.5 Å². The summed E-state index contributed by atoms with van der Waals surface area (Å²) in [6.45, 7) is 5.49. The zero-order valence-corrected chi connectivity index (χ0v) is 12.6. The first kappa shape index (κ1) is 15.8. The van der Waals surface area contributed by atoms with Gasteiger partial charge in [-0.1, -0.05) is 19.8 Å². The average molecular weight is 258 g/mol. The van der Waals surface area contributed by atoms with Crippen LogP contribution in [0.4, 0.5) is 0 Å². The summed E-state index contributed by atoms with van der Waals surface area (Å²) in [5, 5.41) is 0. The minimum Gasteiger partial charge on any atom is -0.205 e. The largest absolute Gasteiger partial charge is 0.205 e. The minimum absolute atomic E-state index is 1.08. The molecule has 0 fully saturated rings. The normalized spacial score (nSPS) is 10.0. The van der Waals surface area contributed by atoms with Crippen molar-refractivity contribution in [3.63, 3.8) is 0 Å². The molecule has 0 saturated heterocycles. The van der Waals surface area contributed by atoms with Crippen molar-refractivity contribution in [3.05, 3.63) is 30.1 Å². The fourth-order valence-electron chi connectivity index (χ4n) is 1.98. The molecular formula is C18H28N+. The van der Waals surface area contributed by atoms with Gasteiger partial charge in [0.1, 0.15) is 6.54 Å². The molecular weight excluding hydrogens is 230 g/mol. The number of unbranched alkanes of at least 4 members (excludes halogenated alkanes) is 6. The van der Waals surface area contributed by atoms with E-state index in [4.69, 9.17) is 0 Å². The van der Waals surface area contributed by atoms with Gasteiger partial charge in [0.2, 0.25) is 0 Å². The highest BCUT2D eigenvalue weighted by Gasteiger charge is 1.98. The van der Waals surface area contributed by atoms with Crippen LogP contribution in [-0.4, -0.2) is 0 Å². The lowest BCUT2D eigenvalue weighted by Gasteiger charge is -1.98. The maximum absolute atomic E-state index is 3.28. The number of aromatic nitrogens is 1. The van der Waals surface area contributed by atoms with E-state index in [1.54, 1.807) is 0 Å². The third kappa shape index (κ3) is 8.43. The van der Waals surface area contributed by atoms with Crippen molar-refractivity contribution < 1.29 is 4.57 Å². The zero-order chi connectivity index (χ0) is 13.8. The van der Waals surface area contributed by atoms with Gasteiger partial charge in [-0.05, 0) is 31.7 Å². The number of hydrogen-bond acceptors (Lipinski definition) is 0. The molecule has 0 spiro atoms. The van der Waals surface area contributed by atoms with Gasteiger partial charge in [0.15, 0.2) is 12.4 Å². The molecule has 1 rings (SSSR count). The van der Waals surface area contributed by atoms with Gasteiger partial charge in [-0.2, -0.15) is 0 Å². The number of nitrogens with zero attached hydrogens (tertiary/aromatic N) is 1. The molecule has 1 aromatic heterocycles. The lowest BCUT2D eigenvalue weighted by molar-refractivity contribution is -0.697. The second-order valence-corrected chi connectivity index (χ2v) is 5.23. The van der Waals surface area contributed by atoms with Crippen molar-refractivity contribution >= 4 is 0 Å². The van der Waals surface area contributed by atoms with E-state index in [-0.39, 0.29) is 0 Å². The van der Waals surface area contributed by atoms with Crippen molar-refractivity contribution in [1.82, 2.24) is 0 Å². The van der Waals surface area contributed by atoms with Crippen LogP contribution in [0, 0.1) is 18.8 Å². The standard InChI is InChI=1S/C18H28N/c1-3-4-5-6-7-8-9-10-11-12-15-19-16-13-18(2)14-17-19/h13-14,16-17H,3-5,8-12,15H2,1-2H3/q+1. The third-order valence-corrected chi connectivity index (χ3v) is 3.31. The molecule has 0 aliphatic rings. The van der Waals surface area contributed by atoms with Crippen LogP contribution in [-0.2, 0) is 6.54 Å². The Morgan fingerprint density at radius 2 is 1.53 bits per heavy atom. The van der Waals surface area contributed by atoms with E-state index in [1.165, 1.54) is 44.1 Å². The predicted octanol–water partition coefficient (Wildman–Crippen LogP) is 4.43. The summed E-state index contributed by atoms with van der Waals surface area (Å²) in [7, 11) is 0. The van der Waals surface area contributed by atoms with Crippen LogP contribution in [0.1, 0.15) is 63.9 Å². The van der Waals surface area contributed by atoms with Crippen molar-refractivity contribution in [3.8, 4) is 11.8 Å². The molecule has 0 bridgehead atoms. The number of pyridine rings is 1. The molecule has 0 aliphatic carbocycles. The minimum atomic E-state index is 1.08. The summed E-state index contributed by atoms with van der Waals surface area (Å²) in [5.41, 5.74) is 1.33. The van der Waals surface area contributed by atoms with Gasteiger partial charge in [0.25, 0.3) is 0 Å². The molecule has 0 unspecified atom stereocenters. The number of aryl methyl sites for hydroxylation is 2. The second-order valence-electron chi connectivity index (χ2n) is 5.23. The Morgan fingerprint density at radius 1 is 0.895 bits per heavy atom. The highest BCUT2D eigenvalue weighted by molar-refractivity contribution is 5.03. The summed E-state index contributed by atoms with van der Waals surface area (Å²) in [4.78, 5) is 0. The monoisotopic (exact) mass is 258 g/mol. The van der Waals surface area contributed by atoms with Crippen LogP contribution in [0.5, 0.6) is 0 Å². The summed E-state index contributed by atoms with van der Waals surface area (Å²) in [5.74, 6) is 6.53. The van der Waals surface area contributed by atoms with Crippen LogP contribution in [0.2, 0.25) is 0 Å². The van der Waals surface area contributed by atoms with E-state index in [2.05, 4.69) is 54.8 Å². The smallest absolute Gasteiger partial charge is 0.169 e.